The molecule has 7 heteroatoms. The summed E-state index contributed by atoms with van der Waals surface area (Å²) in [4.78, 5) is 27.1. The van der Waals surface area contributed by atoms with Gasteiger partial charge in [0.15, 0.2) is 5.69 Å². The lowest BCUT2D eigenvalue weighted by molar-refractivity contribution is 0.0532. The van der Waals surface area contributed by atoms with Crippen molar-refractivity contribution in [2.45, 2.75) is 32.9 Å². The molecule has 0 radical (unpaired) electrons. The maximum Gasteiger partial charge on any atom is 0.420 e. The van der Waals surface area contributed by atoms with Crippen LogP contribution in [-0.2, 0) is 16.0 Å². The van der Waals surface area contributed by atoms with Crippen LogP contribution in [0.5, 0.6) is 0 Å². The Kier molecular flexibility index (Phi) is 4.07. The second-order valence-electron chi connectivity index (χ2n) is 4.59. The summed E-state index contributed by atoms with van der Waals surface area (Å²) in [6, 6.07) is 0. The van der Waals surface area contributed by atoms with Gasteiger partial charge in [-0.3, -0.25) is 0 Å². The number of carbonyl (C=O) groups is 2. The molecule has 1 aromatic heterocycles. The average Bonchev–Trinajstić information content (AvgIpc) is 2.69. The Morgan fingerprint density at radius 1 is 1.44 bits per heavy atom. The van der Waals surface area contributed by atoms with Crippen molar-refractivity contribution in [2.24, 2.45) is 5.73 Å². The molecule has 0 aliphatic rings. The minimum Gasteiger partial charge on any atom is -0.464 e. The van der Waals surface area contributed by atoms with Crippen LogP contribution >= 0.6 is 0 Å². The largest absolute Gasteiger partial charge is 0.464 e. The third kappa shape index (κ3) is 3.30. The van der Waals surface area contributed by atoms with Gasteiger partial charge in [0.25, 0.3) is 0 Å². The normalized spacial score (nSPS) is 11.2. The van der Waals surface area contributed by atoms with Crippen LogP contribution in [0.3, 0.4) is 0 Å². The van der Waals surface area contributed by atoms with Gasteiger partial charge in [0.05, 0.1) is 19.9 Å². The van der Waals surface area contributed by atoms with E-state index < -0.39 is 17.7 Å². The molecule has 1 rings (SSSR count). The van der Waals surface area contributed by atoms with Crippen LogP contribution in [0.1, 0.15) is 37.1 Å². The number of nitrogens with two attached hydrogens (primary N) is 1. The molecule has 0 amide bonds. The molecule has 0 aliphatic carbocycles. The van der Waals surface area contributed by atoms with Gasteiger partial charge in [0.2, 0.25) is 0 Å². The van der Waals surface area contributed by atoms with E-state index in [9.17, 15) is 9.59 Å². The number of imidazole rings is 1. The fourth-order valence-corrected chi connectivity index (χ4v) is 1.23. The molecule has 0 atom stereocenters. The number of nitrogens with zero attached hydrogens (tertiary/aromatic N) is 2. The van der Waals surface area contributed by atoms with Crippen LogP contribution in [0.4, 0.5) is 4.79 Å². The van der Waals surface area contributed by atoms with E-state index >= 15 is 0 Å². The first-order valence-electron chi connectivity index (χ1n) is 5.38. The number of rotatable bonds is 2. The highest BCUT2D eigenvalue weighted by Gasteiger charge is 2.22. The lowest BCUT2D eigenvalue weighted by Gasteiger charge is -2.19. The topological polar surface area (TPSA) is 96.4 Å². The number of esters is 1. The molecule has 0 unspecified atom stereocenters. The number of carbonyl (C=O) groups excluding carboxylic acids is 2. The number of hydrogen-bond acceptors (Lipinski definition) is 6. The first kappa shape index (κ1) is 14.2. The summed E-state index contributed by atoms with van der Waals surface area (Å²) in [6.07, 6.45) is 0.618. The van der Waals surface area contributed by atoms with Crippen molar-refractivity contribution < 1.29 is 19.1 Å². The summed E-state index contributed by atoms with van der Waals surface area (Å²) in [5, 5.41) is 0. The van der Waals surface area contributed by atoms with E-state index in [1.54, 1.807) is 20.8 Å². The molecular weight excluding hydrogens is 238 g/mol. The molecular formula is C11H17N3O4. The van der Waals surface area contributed by atoms with Gasteiger partial charge < -0.3 is 15.2 Å². The van der Waals surface area contributed by atoms with Crippen molar-refractivity contribution in [3.63, 3.8) is 0 Å². The standard InChI is InChI=1S/C11H17N3O4/c1-11(2,3)18-10(16)14-6-7(9(15)17-4)13-8(14)5-12/h6H,5,12H2,1-4H3. The van der Waals surface area contributed by atoms with Gasteiger partial charge in [-0.25, -0.2) is 19.1 Å². The smallest absolute Gasteiger partial charge is 0.420 e. The number of methoxy groups -OCH3 is 1. The molecule has 0 fully saturated rings. The highest BCUT2D eigenvalue weighted by Crippen LogP contribution is 2.11. The minimum absolute atomic E-state index is 0.0102. The van der Waals surface area contributed by atoms with Gasteiger partial charge in [-0.1, -0.05) is 0 Å². The van der Waals surface area contributed by atoms with Crippen molar-refractivity contribution in [1.82, 2.24) is 9.55 Å². The molecule has 0 saturated carbocycles. The minimum atomic E-state index is -0.640. The highest BCUT2D eigenvalue weighted by atomic mass is 16.6. The number of ether oxygens (including phenoxy) is 2. The Hall–Kier alpha value is -1.89. The quantitative estimate of drug-likeness (QED) is 0.789. The molecule has 7 nitrogen and oxygen atoms in total. The van der Waals surface area contributed by atoms with E-state index in [0.717, 1.165) is 4.57 Å². The molecule has 1 aromatic rings. The van der Waals surface area contributed by atoms with E-state index in [-0.39, 0.29) is 18.1 Å². The summed E-state index contributed by atoms with van der Waals surface area (Å²) in [5.74, 6) is -0.392. The third-order valence-corrected chi connectivity index (χ3v) is 1.95. The van der Waals surface area contributed by atoms with Gasteiger partial charge in [0.1, 0.15) is 11.4 Å². The van der Waals surface area contributed by atoms with E-state index in [0.29, 0.717) is 0 Å². The number of hydrogen-bond donors (Lipinski definition) is 1. The van der Waals surface area contributed by atoms with Crippen molar-refractivity contribution in [2.75, 3.05) is 7.11 Å². The van der Waals surface area contributed by atoms with Crippen molar-refractivity contribution in [1.29, 1.82) is 0 Å². The van der Waals surface area contributed by atoms with Crippen molar-refractivity contribution in [3.05, 3.63) is 17.7 Å². The monoisotopic (exact) mass is 255 g/mol. The van der Waals surface area contributed by atoms with E-state index in [1.165, 1.54) is 13.3 Å². The summed E-state index contributed by atoms with van der Waals surface area (Å²) in [6.45, 7) is 5.23. The number of aromatic nitrogens is 2. The summed E-state index contributed by atoms with van der Waals surface area (Å²) >= 11 is 0. The molecule has 0 spiro atoms. The molecule has 1 heterocycles. The Morgan fingerprint density at radius 3 is 2.50 bits per heavy atom. The summed E-state index contributed by atoms with van der Waals surface area (Å²) < 4.78 is 10.8. The Bertz CT molecular complexity index is 459. The molecule has 0 bridgehead atoms. The van der Waals surface area contributed by atoms with Gasteiger partial charge in [-0.15, -0.1) is 0 Å². The molecule has 18 heavy (non-hydrogen) atoms. The zero-order valence-electron chi connectivity index (χ0n) is 10.9. The van der Waals surface area contributed by atoms with Crippen LogP contribution in [0.25, 0.3) is 0 Å². The highest BCUT2D eigenvalue weighted by molar-refractivity contribution is 5.88. The molecule has 0 aliphatic heterocycles. The first-order chi connectivity index (χ1) is 8.28. The molecule has 100 valence electrons. The maximum absolute atomic E-state index is 11.9. The van der Waals surface area contributed by atoms with Crippen molar-refractivity contribution >= 4 is 12.1 Å². The second kappa shape index (κ2) is 5.18. The average molecular weight is 255 g/mol. The third-order valence-electron chi connectivity index (χ3n) is 1.95. The predicted molar refractivity (Wildman–Crippen MR) is 63.1 cm³/mol. The fourth-order valence-electron chi connectivity index (χ4n) is 1.23. The molecule has 0 aromatic carbocycles. The first-order valence-corrected chi connectivity index (χ1v) is 5.38. The van der Waals surface area contributed by atoms with Crippen LogP contribution in [-0.4, -0.2) is 34.3 Å². The zero-order chi connectivity index (χ0) is 13.9. The van der Waals surface area contributed by atoms with Gasteiger partial charge in [-0.2, -0.15) is 0 Å². The molecule has 2 N–H and O–H groups in total. The molecule has 0 saturated heterocycles. The Morgan fingerprint density at radius 2 is 2.06 bits per heavy atom. The lowest BCUT2D eigenvalue weighted by Crippen LogP contribution is -2.28. The maximum atomic E-state index is 11.9. The van der Waals surface area contributed by atoms with E-state index in [2.05, 4.69) is 9.72 Å². The van der Waals surface area contributed by atoms with Crippen LogP contribution < -0.4 is 5.73 Å². The van der Waals surface area contributed by atoms with Gasteiger partial charge >= 0.3 is 12.1 Å². The van der Waals surface area contributed by atoms with Crippen molar-refractivity contribution in [3.8, 4) is 0 Å². The van der Waals surface area contributed by atoms with Crippen LogP contribution in [0, 0.1) is 0 Å². The SMILES string of the molecule is COC(=O)c1cn(C(=O)OC(C)(C)C)c(CN)n1. The fraction of sp³-hybridized carbons (Fsp3) is 0.545. The Labute approximate surface area is 105 Å². The zero-order valence-corrected chi connectivity index (χ0v) is 10.9. The van der Waals surface area contributed by atoms with Crippen LogP contribution in [0.2, 0.25) is 0 Å². The Balaban J connectivity index is 3.04. The van der Waals surface area contributed by atoms with Gasteiger partial charge in [-0.05, 0) is 20.8 Å². The lowest BCUT2D eigenvalue weighted by atomic mass is 10.2. The summed E-state index contributed by atoms with van der Waals surface area (Å²) in [7, 11) is 1.23. The van der Waals surface area contributed by atoms with Crippen LogP contribution in [0.15, 0.2) is 6.20 Å². The summed E-state index contributed by atoms with van der Waals surface area (Å²) in [5.41, 5.74) is 4.84. The van der Waals surface area contributed by atoms with E-state index in [1.807, 2.05) is 0 Å². The second-order valence-corrected chi connectivity index (χ2v) is 4.59. The predicted octanol–water partition coefficient (Wildman–Crippen LogP) is 0.912. The van der Waals surface area contributed by atoms with Gasteiger partial charge in [0, 0.05) is 0 Å². The van der Waals surface area contributed by atoms with E-state index in [4.69, 9.17) is 10.5 Å².